The van der Waals surface area contributed by atoms with E-state index in [2.05, 4.69) is 40.7 Å². The summed E-state index contributed by atoms with van der Waals surface area (Å²) in [5, 5.41) is 9.03. The molecule has 2 aromatic heterocycles. The molecule has 0 bridgehead atoms. The van der Waals surface area contributed by atoms with Crippen molar-refractivity contribution in [2.75, 3.05) is 19.5 Å². The Bertz CT molecular complexity index is 1880. The topological polar surface area (TPSA) is 94.1 Å². The van der Waals surface area contributed by atoms with E-state index in [-0.39, 0.29) is 29.0 Å². The zero-order valence-electron chi connectivity index (χ0n) is 24.0. The van der Waals surface area contributed by atoms with Crippen molar-refractivity contribution in [2.45, 2.75) is 50.2 Å². The summed E-state index contributed by atoms with van der Waals surface area (Å²) < 4.78 is 46.3. The van der Waals surface area contributed by atoms with Crippen LogP contribution in [0.4, 0.5) is 4.39 Å². The monoisotopic (exact) mass is 587 g/mol. The molecule has 3 aromatic carbocycles. The molecular formula is C33H34FN3O4S. The van der Waals surface area contributed by atoms with Crippen molar-refractivity contribution >= 4 is 37.4 Å². The van der Waals surface area contributed by atoms with E-state index in [1.165, 1.54) is 12.1 Å². The molecule has 0 atom stereocenters. The number of methoxy groups -OCH3 is 1. The van der Waals surface area contributed by atoms with Crippen molar-refractivity contribution in [3.63, 3.8) is 0 Å². The van der Waals surface area contributed by atoms with Crippen LogP contribution in [0.2, 0.25) is 0 Å². The minimum Gasteiger partial charge on any atom is -0.384 e. The standard InChI is InChI=1S/C33H34FN3O4S/c1-33(2,20-41-3)32-31(22-8-6-21(7-9-22)30(38)5-4-16-42(39,40)26-14-15-26)27-18-28-23(19-35-36-28)17-29(27)37(32)25-12-10-24(34)11-13-25/h6-13,17-19,26H,4-5,14-16,20H2,1-3H3,(H,35,36). The molecule has 0 radical (unpaired) electrons. The summed E-state index contributed by atoms with van der Waals surface area (Å²) >= 11 is 0. The number of sulfone groups is 1. The highest BCUT2D eigenvalue weighted by Crippen LogP contribution is 2.44. The first-order valence-corrected chi connectivity index (χ1v) is 15.9. The van der Waals surface area contributed by atoms with E-state index in [0.717, 1.165) is 57.2 Å². The summed E-state index contributed by atoms with van der Waals surface area (Å²) in [4.78, 5) is 13.0. The largest absolute Gasteiger partial charge is 0.384 e. The molecule has 0 unspecified atom stereocenters. The third-order valence-corrected chi connectivity index (χ3v) is 10.5. The minimum absolute atomic E-state index is 0.0599. The molecular weight excluding hydrogens is 553 g/mol. The van der Waals surface area contributed by atoms with Crippen LogP contribution in [-0.2, 0) is 20.0 Å². The molecule has 6 rings (SSSR count). The second-order valence-electron chi connectivity index (χ2n) is 11.8. The van der Waals surface area contributed by atoms with Gasteiger partial charge in [-0.1, -0.05) is 38.1 Å². The number of aromatic amines is 1. The zero-order valence-corrected chi connectivity index (χ0v) is 24.8. The number of ketones is 1. The number of nitrogens with one attached hydrogen (secondary N) is 1. The Morgan fingerprint density at radius 2 is 1.81 bits per heavy atom. The maximum absolute atomic E-state index is 14.0. The Morgan fingerprint density at radius 1 is 1.10 bits per heavy atom. The van der Waals surface area contributed by atoms with Crippen molar-refractivity contribution in [1.82, 2.24) is 14.8 Å². The fourth-order valence-electron chi connectivity index (χ4n) is 5.94. The number of H-pyrrole nitrogens is 1. The van der Waals surface area contributed by atoms with E-state index in [0.29, 0.717) is 18.6 Å². The third kappa shape index (κ3) is 5.27. The Hall–Kier alpha value is -3.82. The van der Waals surface area contributed by atoms with Gasteiger partial charge in [-0.3, -0.25) is 9.89 Å². The molecule has 5 aromatic rings. The minimum atomic E-state index is -3.08. The average molecular weight is 588 g/mol. The Balaban J connectivity index is 1.46. The molecule has 42 heavy (non-hydrogen) atoms. The van der Waals surface area contributed by atoms with E-state index in [1.54, 1.807) is 25.4 Å². The number of carbonyl (C=O) groups is 1. The molecule has 0 spiro atoms. The Kier molecular flexibility index (Phi) is 7.27. The summed E-state index contributed by atoms with van der Waals surface area (Å²) in [6.45, 7) is 4.68. The lowest BCUT2D eigenvalue weighted by atomic mass is 9.84. The van der Waals surface area contributed by atoms with Gasteiger partial charge in [-0.2, -0.15) is 5.10 Å². The van der Waals surface area contributed by atoms with Gasteiger partial charge in [0.1, 0.15) is 5.82 Å². The number of carbonyl (C=O) groups excluding carboxylic acids is 1. The molecule has 7 nitrogen and oxygen atoms in total. The number of rotatable bonds is 11. The maximum atomic E-state index is 14.0. The molecule has 1 N–H and O–H groups in total. The molecule has 218 valence electrons. The van der Waals surface area contributed by atoms with Gasteiger partial charge in [0.2, 0.25) is 0 Å². The van der Waals surface area contributed by atoms with Crippen molar-refractivity contribution in [1.29, 1.82) is 0 Å². The van der Waals surface area contributed by atoms with Crippen molar-refractivity contribution in [3.05, 3.63) is 83.9 Å². The van der Waals surface area contributed by atoms with Crippen molar-refractivity contribution in [2.24, 2.45) is 0 Å². The number of hydrogen-bond donors (Lipinski definition) is 1. The highest BCUT2D eigenvalue weighted by atomic mass is 32.2. The zero-order chi connectivity index (χ0) is 29.6. The van der Waals surface area contributed by atoms with Crippen LogP contribution in [-0.4, -0.2) is 53.7 Å². The predicted octanol–water partition coefficient (Wildman–Crippen LogP) is 6.78. The summed E-state index contributed by atoms with van der Waals surface area (Å²) in [6.07, 6.45) is 3.79. The number of aromatic nitrogens is 3. The second kappa shape index (κ2) is 10.8. The lowest BCUT2D eigenvalue weighted by Gasteiger charge is -2.28. The molecule has 1 aliphatic rings. The first-order chi connectivity index (χ1) is 20.1. The van der Waals surface area contributed by atoms with Gasteiger partial charge in [0.05, 0.1) is 34.8 Å². The van der Waals surface area contributed by atoms with Gasteiger partial charge in [-0.05, 0) is 61.2 Å². The van der Waals surface area contributed by atoms with E-state index >= 15 is 0 Å². The van der Waals surface area contributed by atoms with E-state index in [4.69, 9.17) is 4.74 Å². The van der Waals surface area contributed by atoms with Gasteiger partial charge in [-0.25, -0.2) is 12.8 Å². The second-order valence-corrected chi connectivity index (χ2v) is 14.2. The Labute approximate surface area is 244 Å². The maximum Gasteiger partial charge on any atom is 0.162 e. The van der Waals surface area contributed by atoms with Gasteiger partial charge in [0.25, 0.3) is 0 Å². The summed E-state index contributed by atoms with van der Waals surface area (Å²) in [5.74, 6) is -0.319. The van der Waals surface area contributed by atoms with Crippen LogP contribution >= 0.6 is 0 Å². The first-order valence-electron chi connectivity index (χ1n) is 14.2. The van der Waals surface area contributed by atoms with Crippen molar-refractivity contribution < 1.29 is 22.3 Å². The number of hydrogen-bond acceptors (Lipinski definition) is 5. The normalized spacial score (nSPS) is 14.2. The van der Waals surface area contributed by atoms with E-state index in [9.17, 15) is 17.6 Å². The third-order valence-electron chi connectivity index (χ3n) is 8.12. The predicted molar refractivity (Wildman–Crippen MR) is 164 cm³/mol. The molecule has 0 amide bonds. The fourth-order valence-corrected chi connectivity index (χ4v) is 7.67. The van der Waals surface area contributed by atoms with Crippen LogP contribution in [0.3, 0.4) is 0 Å². The molecule has 1 fully saturated rings. The van der Waals surface area contributed by atoms with E-state index < -0.39 is 15.3 Å². The van der Waals surface area contributed by atoms with Crippen LogP contribution < -0.4 is 0 Å². The highest BCUT2D eigenvalue weighted by molar-refractivity contribution is 7.92. The number of nitrogens with zero attached hydrogens (tertiary/aromatic N) is 2. The summed E-state index contributed by atoms with van der Waals surface area (Å²) in [5.41, 5.74) is 5.67. The van der Waals surface area contributed by atoms with Crippen LogP contribution in [0, 0.1) is 5.82 Å². The lowest BCUT2D eigenvalue weighted by Crippen LogP contribution is -2.27. The van der Waals surface area contributed by atoms with Gasteiger partial charge in [-0.15, -0.1) is 0 Å². The average Bonchev–Trinajstić information content (AvgIpc) is 3.65. The molecule has 2 heterocycles. The summed E-state index contributed by atoms with van der Waals surface area (Å²) in [7, 11) is -1.40. The highest BCUT2D eigenvalue weighted by Gasteiger charge is 2.35. The number of benzene rings is 3. The number of ether oxygens (including phenoxy) is 1. The van der Waals surface area contributed by atoms with Crippen LogP contribution in [0.25, 0.3) is 38.6 Å². The van der Waals surface area contributed by atoms with Gasteiger partial charge < -0.3 is 9.30 Å². The Morgan fingerprint density at radius 3 is 2.48 bits per heavy atom. The number of halogens is 1. The quantitative estimate of drug-likeness (QED) is 0.172. The molecule has 0 aliphatic heterocycles. The number of fused-ring (bicyclic) bond motifs is 2. The van der Waals surface area contributed by atoms with Gasteiger partial charge in [0.15, 0.2) is 15.6 Å². The smallest absolute Gasteiger partial charge is 0.162 e. The first kappa shape index (κ1) is 28.3. The van der Waals surface area contributed by atoms with Gasteiger partial charge >= 0.3 is 0 Å². The van der Waals surface area contributed by atoms with Crippen LogP contribution in [0.15, 0.2) is 66.9 Å². The SMILES string of the molecule is COCC(C)(C)c1c(-c2ccc(C(=O)CCCS(=O)(=O)C3CC3)cc2)c2cc3[nH]ncc3cc2n1-c1ccc(F)cc1. The van der Waals surface area contributed by atoms with E-state index in [1.807, 2.05) is 24.3 Å². The fraction of sp³-hybridized carbons (Fsp3) is 0.333. The molecule has 0 saturated heterocycles. The van der Waals surface area contributed by atoms with Crippen molar-refractivity contribution in [3.8, 4) is 16.8 Å². The lowest BCUT2D eigenvalue weighted by molar-refractivity contribution is 0.0982. The van der Waals surface area contributed by atoms with Gasteiger partial charge in [0, 0.05) is 52.2 Å². The summed E-state index contributed by atoms with van der Waals surface area (Å²) in [6, 6.07) is 18.2. The molecule has 1 saturated carbocycles. The van der Waals surface area contributed by atoms with Crippen LogP contribution in [0.5, 0.6) is 0 Å². The molecule has 1 aliphatic carbocycles. The molecule has 9 heteroatoms. The van der Waals surface area contributed by atoms with Crippen LogP contribution in [0.1, 0.15) is 55.6 Å². The number of Topliss-reactive ketones (excluding diaryl/α,β-unsaturated/α-hetero) is 1.